The van der Waals surface area contributed by atoms with Gasteiger partial charge < -0.3 is 20.3 Å². The van der Waals surface area contributed by atoms with Crippen LogP contribution in [0.2, 0.25) is 5.02 Å². The van der Waals surface area contributed by atoms with E-state index in [9.17, 15) is 22.8 Å². The van der Waals surface area contributed by atoms with Crippen molar-refractivity contribution in [2.24, 2.45) is 0 Å². The van der Waals surface area contributed by atoms with Crippen LogP contribution in [0.5, 0.6) is 5.75 Å². The van der Waals surface area contributed by atoms with E-state index in [1.807, 2.05) is 17.4 Å². The largest absolute Gasteiger partial charge is 0.478 e. The van der Waals surface area contributed by atoms with E-state index in [-0.39, 0.29) is 29.6 Å². The average molecular weight is 593 g/mol. The van der Waals surface area contributed by atoms with Gasteiger partial charge in [-0.3, -0.25) is 9.59 Å². The lowest BCUT2D eigenvalue weighted by Gasteiger charge is -2.41. The minimum Gasteiger partial charge on any atom is -0.478 e. The van der Waals surface area contributed by atoms with Crippen molar-refractivity contribution >= 4 is 29.2 Å². The Kier molecular flexibility index (Phi) is 8.41. The lowest BCUT2D eigenvalue weighted by atomic mass is 9.95. The molecule has 11 heteroatoms. The summed E-state index contributed by atoms with van der Waals surface area (Å²) in [6.45, 7) is 2.19. The second-order valence-corrected chi connectivity index (χ2v) is 12.3. The van der Waals surface area contributed by atoms with Gasteiger partial charge in [-0.15, -0.1) is 0 Å². The van der Waals surface area contributed by atoms with Gasteiger partial charge >= 0.3 is 6.18 Å². The van der Waals surface area contributed by atoms with Gasteiger partial charge in [-0.2, -0.15) is 13.2 Å². The lowest BCUT2D eigenvalue weighted by Crippen LogP contribution is -2.55. The van der Waals surface area contributed by atoms with Crippen molar-refractivity contribution < 1.29 is 27.5 Å². The van der Waals surface area contributed by atoms with Crippen molar-refractivity contribution in [3.8, 4) is 5.75 Å². The number of hydrogen-bond acceptors (Lipinski definition) is 5. The third-order valence-electron chi connectivity index (χ3n) is 8.47. The van der Waals surface area contributed by atoms with Gasteiger partial charge in [-0.05, 0) is 94.2 Å². The quantitative estimate of drug-likeness (QED) is 0.384. The van der Waals surface area contributed by atoms with Crippen molar-refractivity contribution in [3.63, 3.8) is 0 Å². The smallest absolute Gasteiger partial charge is 0.405 e. The molecule has 2 N–H and O–H groups in total. The fraction of sp³-hybridized carbons (Fsp3) is 0.567. The van der Waals surface area contributed by atoms with Crippen molar-refractivity contribution in [1.29, 1.82) is 0 Å². The van der Waals surface area contributed by atoms with E-state index in [1.165, 1.54) is 25.1 Å². The number of piperidine rings is 1. The third kappa shape index (κ3) is 6.90. The number of carbonyl (C=O) groups is 2. The van der Waals surface area contributed by atoms with Crippen molar-refractivity contribution in [3.05, 3.63) is 52.7 Å². The fourth-order valence-corrected chi connectivity index (χ4v) is 6.65. The molecule has 3 heterocycles. The number of alkyl halides is 3. The number of rotatable bonds is 8. The van der Waals surface area contributed by atoms with Gasteiger partial charge in [0.1, 0.15) is 18.1 Å². The Balaban J connectivity index is 1.19. The zero-order valence-corrected chi connectivity index (χ0v) is 24.0. The molecular weight excluding hydrogens is 557 g/mol. The summed E-state index contributed by atoms with van der Waals surface area (Å²) in [6.07, 6.45) is 4.74. The highest BCUT2D eigenvalue weighted by molar-refractivity contribution is 6.30. The molecule has 2 bridgehead atoms. The van der Waals surface area contributed by atoms with Gasteiger partial charge in [0.05, 0.1) is 5.56 Å². The van der Waals surface area contributed by atoms with Crippen LogP contribution in [0.4, 0.5) is 19.0 Å². The molecule has 2 aromatic rings. The number of nitrogens with one attached hydrogen (secondary N) is 2. The first kappa shape index (κ1) is 29.5. The molecule has 41 heavy (non-hydrogen) atoms. The SMILES string of the molecule is CC(C)(Oc1ccc(Cl)cc1C1CCCC1)C(=O)N[C@H]1C[C@H]2CC[C@@H](C1)N2c1ccc(C(=O)NCC(F)(F)F)cn1. The summed E-state index contributed by atoms with van der Waals surface area (Å²) in [5, 5.41) is 5.75. The van der Waals surface area contributed by atoms with Crippen LogP contribution < -0.4 is 20.3 Å². The van der Waals surface area contributed by atoms with E-state index in [0.29, 0.717) is 22.5 Å². The van der Waals surface area contributed by atoms with E-state index >= 15 is 0 Å². The van der Waals surface area contributed by atoms with E-state index in [2.05, 4.69) is 15.2 Å². The molecule has 1 saturated carbocycles. The van der Waals surface area contributed by atoms with Crippen LogP contribution in [-0.2, 0) is 4.79 Å². The summed E-state index contributed by atoms with van der Waals surface area (Å²) in [7, 11) is 0. The van der Waals surface area contributed by atoms with Crippen LogP contribution in [0.3, 0.4) is 0 Å². The predicted molar refractivity (Wildman–Crippen MR) is 150 cm³/mol. The van der Waals surface area contributed by atoms with Crippen LogP contribution in [0, 0.1) is 0 Å². The van der Waals surface area contributed by atoms with Gasteiger partial charge in [0.15, 0.2) is 5.60 Å². The van der Waals surface area contributed by atoms with Crippen LogP contribution in [0.1, 0.15) is 87.1 Å². The Morgan fingerprint density at radius 2 is 1.73 bits per heavy atom. The van der Waals surface area contributed by atoms with Crippen LogP contribution in [-0.4, -0.2) is 53.2 Å². The summed E-state index contributed by atoms with van der Waals surface area (Å²) < 4.78 is 43.6. The zero-order chi connectivity index (χ0) is 29.4. The molecule has 2 amide bonds. The maximum absolute atomic E-state index is 13.4. The monoisotopic (exact) mass is 592 g/mol. The molecule has 2 saturated heterocycles. The Morgan fingerprint density at radius 3 is 2.34 bits per heavy atom. The molecule has 0 radical (unpaired) electrons. The third-order valence-corrected chi connectivity index (χ3v) is 8.71. The summed E-state index contributed by atoms with van der Waals surface area (Å²) in [6, 6.07) is 9.09. The minimum atomic E-state index is -4.47. The Bertz CT molecular complexity index is 1250. The number of hydrogen-bond donors (Lipinski definition) is 2. The van der Waals surface area contributed by atoms with Gasteiger partial charge in [-0.25, -0.2) is 4.98 Å². The number of anilines is 1. The number of nitrogens with zero attached hydrogens (tertiary/aromatic N) is 2. The highest BCUT2D eigenvalue weighted by atomic mass is 35.5. The van der Waals surface area contributed by atoms with Gasteiger partial charge in [0.2, 0.25) is 0 Å². The van der Waals surface area contributed by atoms with Crippen LogP contribution in [0.25, 0.3) is 0 Å². The number of aromatic nitrogens is 1. The maximum atomic E-state index is 13.4. The summed E-state index contributed by atoms with van der Waals surface area (Å²) in [5.74, 6) is 0.789. The highest BCUT2D eigenvalue weighted by Crippen LogP contribution is 2.42. The standard InChI is InChI=1S/C30H36ClF3N4O3/c1-29(2,41-25-11-8-20(31)13-24(25)18-5-3-4-6-18)28(40)37-21-14-22-9-10-23(15-21)38(22)26-12-7-19(16-35-26)27(39)36-17-30(32,33)34/h7-8,11-13,16,18,21-23H,3-6,9-10,14-15,17H2,1-2H3,(H,36,39)(H,37,40)/t21-,22+,23-. The average Bonchev–Trinajstić information content (AvgIpc) is 3.54. The molecule has 3 fully saturated rings. The molecule has 0 unspecified atom stereocenters. The van der Waals surface area contributed by atoms with E-state index in [0.717, 1.165) is 44.1 Å². The minimum absolute atomic E-state index is 0.0222. The lowest BCUT2D eigenvalue weighted by molar-refractivity contribution is -0.135. The highest BCUT2D eigenvalue weighted by Gasteiger charge is 2.43. The Hall–Kier alpha value is -3.01. The summed E-state index contributed by atoms with van der Waals surface area (Å²) in [5.41, 5.74) is 0.0617. The van der Waals surface area contributed by atoms with Crippen molar-refractivity contribution in [2.75, 3.05) is 11.4 Å². The van der Waals surface area contributed by atoms with Crippen LogP contribution >= 0.6 is 11.6 Å². The molecule has 2 aliphatic heterocycles. The molecule has 1 aliphatic carbocycles. The maximum Gasteiger partial charge on any atom is 0.405 e. The van der Waals surface area contributed by atoms with E-state index in [4.69, 9.17) is 16.3 Å². The normalized spacial score (nSPS) is 23.0. The second kappa shape index (κ2) is 11.7. The summed E-state index contributed by atoms with van der Waals surface area (Å²) in [4.78, 5) is 32.1. The fourth-order valence-electron chi connectivity index (χ4n) is 6.47. The number of benzene rings is 1. The number of ether oxygens (including phenoxy) is 1. The number of amides is 2. The first-order valence-corrected chi connectivity index (χ1v) is 14.7. The molecule has 0 spiro atoms. The Labute approximate surface area is 243 Å². The predicted octanol–water partition coefficient (Wildman–Crippen LogP) is 6.16. The van der Waals surface area contributed by atoms with Gasteiger partial charge in [0, 0.05) is 29.3 Å². The van der Waals surface area contributed by atoms with Crippen LogP contribution in [0.15, 0.2) is 36.5 Å². The number of carbonyl (C=O) groups excluding carboxylic acids is 2. The molecule has 3 atom stereocenters. The summed E-state index contributed by atoms with van der Waals surface area (Å²) >= 11 is 6.30. The molecule has 3 aliphatic rings. The Morgan fingerprint density at radius 1 is 1.05 bits per heavy atom. The first-order valence-electron chi connectivity index (χ1n) is 14.3. The zero-order valence-electron chi connectivity index (χ0n) is 23.3. The molecule has 5 rings (SSSR count). The first-order chi connectivity index (χ1) is 19.4. The van der Waals surface area contributed by atoms with Crippen molar-refractivity contribution in [1.82, 2.24) is 15.6 Å². The van der Waals surface area contributed by atoms with Gasteiger partial charge in [-0.1, -0.05) is 24.4 Å². The molecule has 7 nitrogen and oxygen atoms in total. The number of halogens is 4. The van der Waals surface area contributed by atoms with Gasteiger partial charge in [0.25, 0.3) is 11.8 Å². The molecule has 1 aromatic heterocycles. The van der Waals surface area contributed by atoms with E-state index < -0.39 is 24.2 Å². The number of pyridine rings is 1. The number of fused-ring (bicyclic) bond motifs is 2. The molecular formula is C30H36ClF3N4O3. The topological polar surface area (TPSA) is 83.6 Å². The second-order valence-electron chi connectivity index (χ2n) is 11.9. The molecule has 1 aromatic carbocycles. The van der Waals surface area contributed by atoms with Crippen molar-refractivity contribution in [2.45, 2.75) is 101 Å². The molecule has 222 valence electrons. The van der Waals surface area contributed by atoms with E-state index in [1.54, 1.807) is 26.0 Å².